The van der Waals surface area contributed by atoms with Crippen LogP contribution in [0.15, 0.2) is 30.3 Å². The van der Waals surface area contributed by atoms with Gasteiger partial charge in [-0.1, -0.05) is 30.3 Å². The Morgan fingerprint density at radius 3 is 2.47 bits per heavy atom. The molecular weight excluding hydrogens is 238 g/mol. The molecular formula is C12H9NO3S. The Labute approximate surface area is 102 Å². The van der Waals surface area contributed by atoms with Gasteiger partial charge in [0.2, 0.25) is 0 Å². The molecule has 5 heteroatoms. The first kappa shape index (κ1) is 11.5. The Bertz CT molecular complexity index is 575. The van der Waals surface area contributed by atoms with Crippen molar-refractivity contribution in [2.24, 2.45) is 0 Å². The van der Waals surface area contributed by atoms with Gasteiger partial charge in [0, 0.05) is 5.56 Å². The van der Waals surface area contributed by atoms with Crippen LogP contribution in [0.4, 0.5) is 0 Å². The highest BCUT2D eigenvalue weighted by Gasteiger charge is 2.21. The Kier molecular flexibility index (Phi) is 3.01. The molecule has 0 bridgehead atoms. The first-order valence-corrected chi connectivity index (χ1v) is 5.71. The lowest BCUT2D eigenvalue weighted by Gasteiger charge is -1.92. The molecule has 0 aliphatic carbocycles. The molecule has 2 rings (SSSR count). The van der Waals surface area contributed by atoms with Crippen molar-refractivity contribution in [2.75, 3.05) is 0 Å². The predicted octanol–water partition coefficient (Wildman–Crippen LogP) is 2.39. The molecule has 0 saturated heterocycles. The molecule has 0 atom stereocenters. The zero-order valence-electron chi connectivity index (χ0n) is 9.01. The summed E-state index contributed by atoms with van der Waals surface area (Å²) >= 11 is 1.11. The Morgan fingerprint density at radius 1 is 1.24 bits per heavy atom. The van der Waals surface area contributed by atoms with Gasteiger partial charge in [0.05, 0.1) is 5.69 Å². The fourth-order valence-corrected chi connectivity index (χ4v) is 2.41. The van der Waals surface area contributed by atoms with Crippen LogP contribution in [0, 0.1) is 6.92 Å². The number of Topliss-reactive ketones (excluding diaryl/α,β-unsaturated/α-hetero) is 1. The van der Waals surface area contributed by atoms with E-state index < -0.39 is 11.8 Å². The van der Waals surface area contributed by atoms with Gasteiger partial charge >= 0.3 is 5.97 Å². The number of aliphatic carboxylic acids is 1. The highest BCUT2D eigenvalue weighted by Crippen LogP contribution is 2.27. The minimum absolute atomic E-state index is 0.191. The van der Waals surface area contributed by atoms with Crippen LogP contribution in [0.25, 0.3) is 10.6 Å². The smallest absolute Gasteiger partial charge is 0.378 e. The van der Waals surface area contributed by atoms with E-state index in [0.29, 0.717) is 10.7 Å². The van der Waals surface area contributed by atoms with Gasteiger partial charge in [0.25, 0.3) is 5.78 Å². The van der Waals surface area contributed by atoms with Gasteiger partial charge in [0.15, 0.2) is 0 Å². The number of thiazole rings is 1. The highest BCUT2D eigenvalue weighted by molar-refractivity contribution is 7.17. The van der Waals surface area contributed by atoms with E-state index in [0.717, 1.165) is 16.9 Å². The van der Waals surface area contributed by atoms with Gasteiger partial charge < -0.3 is 5.11 Å². The van der Waals surface area contributed by atoms with Crippen LogP contribution in [0.3, 0.4) is 0 Å². The maximum absolute atomic E-state index is 11.4. The Hall–Kier alpha value is -2.01. The van der Waals surface area contributed by atoms with Gasteiger partial charge in [-0.05, 0) is 6.92 Å². The molecule has 86 valence electrons. The first-order valence-electron chi connectivity index (χ1n) is 4.90. The van der Waals surface area contributed by atoms with Gasteiger partial charge in [0.1, 0.15) is 9.88 Å². The largest absolute Gasteiger partial charge is 0.475 e. The van der Waals surface area contributed by atoms with E-state index in [-0.39, 0.29) is 4.88 Å². The average molecular weight is 247 g/mol. The molecule has 0 spiro atoms. The average Bonchev–Trinajstić information content (AvgIpc) is 2.71. The van der Waals surface area contributed by atoms with Crippen LogP contribution in [-0.4, -0.2) is 21.8 Å². The summed E-state index contributed by atoms with van der Waals surface area (Å²) in [5.41, 5.74) is 1.34. The zero-order chi connectivity index (χ0) is 12.4. The quantitative estimate of drug-likeness (QED) is 0.668. The number of carbonyl (C=O) groups is 2. The lowest BCUT2D eigenvalue weighted by Crippen LogP contribution is -2.12. The van der Waals surface area contributed by atoms with Gasteiger partial charge in [-0.25, -0.2) is 9.78 Å². The summed E-state index contributed by atoms with van der Waals surface area (Å²) in [6.07, 6.45) is 0. The van der Waals surface area contributed by atoms with Crippen molar-refractivity contribution in [1.82, 2.24) is 4.98 Å². The van der Waals surface area contributed by atoms with Crippen molar-refractivity contribution in [3.05, 3.63) is 40.9 Å². The number of hydrogen-bond donors (Lipinski definition) is 1. The van der Waals surface area contributed by atoms with E-state index in [1.165, 1.54) is 0 Å². The number of aryl methyl sites for hydroxylation is 1. The van der Waals surface area contributed by atoms with E-state index in [4.69, 9.17) is 5.11 Å². The van der Waals surface area contributed by atoms with Crippen molar-refractivity contribution in [1.29, 1.82) is 0 Å². The molecule has 0 saturated carbocycles. The minimum Gasteiger partial charge on any atom is -0.475 e. The lowest BCUT2D eigenvalue weighted by atomic mass is 10.2. The van der Waals surface area contributed by atoms with Gasteiger partial charge in [-0.15, -0.1) is 11.3 Å². The molecule has 2 aromatic rings. The van der Waals surface area contributed by atoms with Crippen LogP contribution >= 0.6 is 11.3 Å². The molecule has 0 aliphatic rings. The summed E-state index contributed by atoms with van der Waals surface area (Å²) in [5.74, 6) is -2.35. The fraction of sp³-hybridized carbons (Fsp3) is 0.0833. The number of carbonyl (C=O) groups excluding carboxylic acids is 1. The van der Waals surface area contributed by atoms with Crippen molar-refractivity contribution < 1.29 is 14.7 Å². The molecule has 0 unspecified atom stereocenters. The molecule has 1 N–H and O–H groups in total. The first-order chi connectivity index (χ1) is 8.09. The summed E-state index contributed by atoms with van der Waals surface area (Å²) in [6.45, 7) is 1.64. The standard InChI is InChI=1S/C12H9NO3S/c1-7-10(9(14)12(15)16)17-11(13-7)8-5-3-2-4-6-8/h2-6H,1H3,(H,15,16). The van der Waals surface area contributed by atoms with E-state index in [9.17, 15) is 9.59 Å². The van der Waals surface area contributed by atoms with Crippen LogP contribution in [-0.2, 0) is 4.79 Å². The van der Waals surface area contributed by atoms with Crippen molar-refractivity contribution in [2.45, 2.75) is 6.92 Å². The van der Waals surface area contributed by atoms with Crippen LogP contribution in [0.5, 0.6) is 0 Å². The monoisotopic (exact) mass is 247 g/mol. The molecule has 4 nitrogen and oxygen atoms in total. The minimum atomic E-state index is -1.45. The number of carboxylic acids is 1. The Morgan fingerprint density at radius 2 is 1.88 bits per heavy atom. The third-order valence-corrected chi connectivity index (χ3v) is 3.42. The van der Waals surface area contributed by atoms with Crippen LogP contribution in [0.1, 0.15) is 15.4 Å². The van der Waals surface area contributed by atoms with Crippen molar-refractivity contribution >= 4 is 23.1 Å². The number of carboxylic acid groups (broad SMARTS) is 1. The number of benzene rings is 1. The maximum Gasteiger partial charge on any atom is 0.378 e. The summed E-state index contributed by atoms with van der Waals surface area (Å²) in [7, 11) is 0. The van der Waals surface area contributed by atoms with E-state index >= 15 is 0 Å². The van der Waals surface area contributed by atoms with E-state index in [1.54, 1.807) is 6.92 Å². The topological polar surface area (TPSA) is 67.3 Å². The second-order valence-electron chi connectivity index (χ2n) is 3.43. The fourth-order valence-electron chi connectivity index (χ4n) is 1.41. The summed E-state index contributed by atoms with van der Waals surface area (Å²) in [6, 6.07) is 9.35. The second kappa shape index (κ2) is 4.47. The summed E-state index contributed by atoms with van der Waals surface area (Å²) < 4.78 is 0. The number of rotatable bonds is 3. The molecule has 1 heterocycles. The molecule has 0 amide bonds. The third-order valence-electron chi connectivity index (χ3n) is 2.22. The number of hydrogen-bond acceptors (Lipinski definition) is 4. The molecule has 1 aromatic heterocycles. The Balaban J connectivity index is 2.44. The predicted molar refractivity (Wildman–Crippen MR) is 64.3 cm³/mol. The number of aromatic nitrogens is 1. The summed E-state index contributed by atoms with van der Waals surface area (Å²) in [4.78, 5) is 26.4. The molecule has 17 heavy (non-hydrogen) atoms. The normalized spacial score (nSPS) is 10.2. The van der Waals surface area contributed by atoms with Crippen LogP contribution < -0.4 is 0 Å². The maximum atomic E-state index is 11.4. The second-order valence-corrected chi connectivity index (χ2v) is 4.43. The number of ketones is 1. The third kappa shape index (κ3) is 2.24. The van der Waals surface area contributed by atoms with Gasteiger partial charge in [-0.2, -0.15) is 0 Å². The van der Waals surface area contributed by atoms with Crippen LogP contribution in [0.2, 0.25) is 0 Å². The summed E-state index contributed by atoms with van der Waals surface area (Å²) in [5, 5.41) is 9.33. The molecule has 0 aliphatic heterocycles. The van der Waals surface area contributed by atoms with Crippen molar-refractivity contribution in [3.8, 4) is 10.6 Å². The lowest BCUT2D eigenvalue weighted by molar-refractivity contribution is -0.131. The van der Waals surface area contributed by atoms with E-state index in [2.05, 4.69) is 4.98 Å². The van der Waals surface area contributed by atoms with Gasteiger partial charge in [-0.3, -0.25) is 4.79 Å². The highest BCUT2D eigenvalue weighted by atomic mass is 32.1. The molecule has 0 fully saturated rings. The molecule has 1 aromatic carbocycles. The van der Waals surface area contributed by atoms with Crippen molar-refractivity contribution in [3.63, 3.8) is 0 Å². The SMILES string of the molecule is Cc1nc(-c2ccccc2)sc1C(=O)C(=O)O. The molecule has 0 radical (unpaired) electrons. The van der Waals surface area contributed by atoms with E-state index in [1.807, 2.05) is 30.3 Å². The zero-order valence-corrected chi connectivity index (χ0v) is 9.82. The number of nitrogens with zero attached hydrogens (tertiary/aromatic N) is 1.